The molecular weight excluding hydrogens is 474 g/mol. The lowest BCUT2D eigenvalue weighted by Crippen LogP contribution is -1.99. The van der Waals surface area contributed by atoms with Crippen molar-refractivity contribution in [2.45, 2.75) is 0 Å². The van der Waals surface area contributed by atoms with Crippen molar-refractivity contribution in [2.75, 3.05) is 0 Å². The first-order valence-electron chi connectivity index (χ1n) is 13.2. The van der Waals surface area contributed by atoms with Gasteiger partial charge in [0.2, 0.25) is 0 Å². The van der Waals surface area contributed by atoms with E-state index in [0.717, 1.165) is 33.4 Å². The van der Waals surface area contributed by atoms with Crippen LogP contribution in [0.25, 0.3) is 71.6 Å². The zero-order valence-corrected chi connectivity index (χ0v) is 21.1. The number of fused-ring (bicyclic) bond motifs is 5. The van der Waals surface area contributed by atoms with Crippen LogP contribution in [0.1, 0.15) is 0 Å². The maximum Gasteiger partial charge on any atom is 0.113 e. The minimum atomic E-state index is 0.887. The highest BCUT2D eigenvalue weighted by atomic mass is 15.0. The fraction of sp³-hybridized carbons (Fsp3) is 0. The fourth-order valence-electron chi connectivity index (χ4n) is 5.84. The van der Waals surface area contributed by atoms with Gasteiger partial charge in [0.1, 0.15) is 5.52 Å². The summed E-state index contributed by atoms with van der Waals surface area (Å²) in [5.41, 5.74) is 9.76. The molecule has 0 radical (unpaired) electrons. The fourth-order valence-corrected chi connectivity index (χ4v) is 5.84. The zero-order chi connectivity index (χ0) is 25.8. The van der Waals surface area contributed by atoms with E-state index < -0.39 is 0 Å². The molecule has 0 saturated carbocycles. The van der Waals surface area contributed by atoms with Crippen LogP contribution in [0.15, 0.2) is 140 Å². The van der Waals surface area contributed by atoms with Gasteiger partial charge in [-0.1, -0.05) is 97.1 Å². The summed E-state index contributed by atoms with van der Waals surface area (Å²) in [6.07, 6.45) is 3.57. The van der Waals surface area contributed by atoms with Gasteiger partial charge < -0.3 is 4.57 Å². The van der Waals surface area contributed by atoms with Crippen LogP contribution in [0.2, 0.25) is 0 Å². The van der Waals surface area contributed by atoms with Crippen molar-refractivity contribution < 1.29 is 0 Å². The number of nitrogens with zero attached hydrogens (tertiary/aromatic N) is 3. The van der Waals surface area contributed by atoms with Crippen LogP contribution in [-0.4, -0.2) is 14.5 Å². The quantitative estimate of drug-likeness (QED) is 0.244. The van der Waals surface area contributed by atoms with Gasteiger partial charge in [0.05, 0.1) is 22.2 Å². The largest absolute Gasteiger partial charge is 0.307 e. The molecule has 0 atom stereocenters. The molecule has 2 heterocycles. The lowest BCUT2D eigenvalue weighted by Gasteiger charge is -2.14. The van der Waals surface area contributed by atoms with Crippen LogP contribution in [-0.2, 0) is 0 Å². The second kappa shape index (κ2) is 8.64. The van der Waals surface area contributed by atoms with Gasteiger partial charge >= 0.3 is 0 Å². The van der Waals surface area contributed by atoms with Crippen LogP contribution in [0, 0.1) is 0 Å². The predicted octanol–water partition coefficient (Wildman–Crippen LogP) is 9.21. The van der Waals surface area contributed by atoms with Crippen molar-refractivity contribution in [2.24, 2.45) is 0 Å². The van der Waals surface area contributed by atoms with E-state index in [9.17, 15) is 0 Å². The first-order chi connectivity index (χ1) is 19.3. The standard InChI is InChI=1S/C36H23N3/c1-2-8-24(9-3-1)25-14-16-26(17-15-25)29-18-19-33(36-35(29)37-20-21-38-36)39-32-13-7-6-12-30(32)31-22-27-10-4-5-11-28(27)23-34(31)39/h1-23H. The van der Waals surface area contributed by atoms with Crippen molar-refractivity contribution in [3.05, 3.63) is 140 Å². The lowest BCUT2D eigenvalue weighted by atomic mass is 9.99. The number of hydrogen-bond acceptors (Lipinski definition) is 2. The van der Waals surface area contributed by atoms with Crippen molar-refractivity contribution in [1.82, 2.24) is 14.5 Å². The maximum atomic E-state index is 4.88. The summed E-state index contributed by atoms with van der Waals surface area (Å²) in [5.74, 6) is 0. The highest BCUT2D eigenvalue weighted by Crippen LogP contribution is 2.38. The van der Waals surface area contributed by atoms with E-state index in [0.29, 0.717) is 0 Å². The Labute approximate surface area is 225 Å². The number of benzene rings is 6. The number of hydrogen-bond donors (Lipinski definition) is 0. The average Bonchev–Trinajstić information content (AvgIpc) is 3.33. The van der Waals surface area contributed by atoms with Gasteiger partial charge in [0.15, 0.2) is 0 Å². The van der Waals surface area contributed by atoms with Gasteiger partial charge in [0, 0.05) is 28.7 Å². The van der Waals surface area contributed by atoms with Crippen molar-refractivity contribution >= 4 is 43.6 Å². The molecule has 2 aromatic heterocycles. The molecule has 182 valence electrons. The Hall–Kier alpha value is -5.28. The molecule has 8 rings (SSSR count). The Morgan fingerprint density at radius 3 is 1.90 bits per heavy atom. The second-order valence-corrected chi connectivity index (χ2v) is 9.90. The average molecular weight is 498 g/mol. The second-order valence-electron chi connectivity index (χ2n) is 9.90. The molecule has 3 nitrogen and oxygen atoms in total. The molecule has 0 saturated heterocycles. The third-order valence-electron chi connectivity index (χ3n) is 7.69. The molecule has 39 heavy (non-hydrogen) atoms. The highest BCUT2D eigenvalue weighted by molar-refractivity contribution is 6.14. The summed E-state index contributed by atoms with van der Waals surface area (Å²) in [7, 11) is 0. The molecule has 0 fully saturated rings. The van der Waals surface area contributed by atoms with Crippen LogP contribution < -0.4 is 0 Å². The van der Waals surface area contributed by atoms with E-state index in [1.165, 1.54) is 38.2 Å². The molecule has 0 aliphatic carbocycles. The first-order valence-corrected chi connectivity index (χ1v) is 13.2. The summed E-state index contributed by atoms with van der Waals surface area (Å²) in [6, 6.07) is 45.3. The summed E-state index contributed by atoms with van der Waals surface area (Å²) in [6.45, 7) is 0. The highest BCUT2D eigenvalue weighted by Gasteiger charge is 2.17. The zero-order valence-electron chi connectivity index (χ0n) is 21.1. The first kappa shape index (κ1) is 21.8. The van der Waals surface area contributed by atoms with Gasteiger partial charge in [0.25, 0.3) is 0 Å². The van der Waals surface area contributed by atoms with Crippen molar-refractivity contribution in [3.63, 3.8) is 0 Å². The maximum absolute atomic E-state index is 4.88. The molecular formula is C36H23N3. The lowest BCUT2D eigenvalue weighted by molar-refractivity contribution is 1.17. The third-order valence-corrected chi connectivity index (χ3v) is 7.69. The van der Waals surface area contributed by atoms with Gasteiger partial charge in [-0.25, -0.2) is 0 Å². The Morgan fingerprint density at radius 2 is 1.08 bits per heavy atom. The number of para-hydroxylation sites is 1. The molecule has 0 amide bonds. The van der Waals surface area contributed by atoms with Crippen LogP contribution >= 0.6 is 0 Å². The summed E-state index contributed by atoms with van der Waals surface area (Å²) >= 11 is 0. The van der Waals surface area contributed by atoms with Gasteiger partial charge in [-0.05, 0) is 57.8 Å². The van der Waals surface area contributed by atoms with Gasteiger partial charge in [-0.3, -0.25) is 9.97 Å². The van der Waals surface area contributed by atoms with Crippen molar-refractivity contribution in [3.8, 4) is 27.9 Å². The number of rotatable bonds is 3. The molecule has 0 bridgehead atoms. The third kappa shape index (κ3) is 3.44. The van der Waals surface area contributed by atoms with Gasteiger partial charge in [-0.15, -0.1) is 0 Å². The van der Waals surface area contributed by atoms with Crippen LogP contribution in [0.4, 0.5) is 0 Å². The summed E-state index contributed by atoms with van der Waals surface area (Å²) < 4.78 is 2.34. The molecule has 6 aromatic carbocycles. The summed E-state index contributed by atoms with van der Waals surface area (Å²) in [5, 5.41) is 4.93. The van der Waals surface area contributed by atoms with E-state index in [1.54, 1.807) is 12.4 Å². The molecule has 0 spiro atoms. The Morgan fingerprint density at radius 1 is 0.436 bits per heavy atom. The Bertz CT molecular complexity index is 2160. The molecule has 0 N–H and O–H groups in total. The van der Waals surface area contributed by atoms with Gasteiger partial charge in [-0.2, -0.15) is 0 Å². The Kier molecular flexibility index (Phi) is 4.82. The van der Waals surface area contributed by atoms with E-state index >= 15 is 0 Å². The molecule has 0 aliphatic heterocycles. The molecule has 3 heteroatoms. The van der Waals surface area contributed by atoms with Crippen LogP contribution in [0.3, 0.4) is 0 Å². The van der Waals surface area contributed by atoms with E-state index in [-0.39, 0.29) is 0 Å². The smallest absolute Gasteiger partial charge is 0.113 e. The monoisotopic (exact) mass is 497 g/mol. The number of aromatic nitrogens is 3. The summed E-state index contributed by atoms with van der Waals surface area (Å²) in [4.78, 5) is 9.72. The van der Waals surface area contributed by atoms with E-state index in [1.807, 2.05) is 6.07 Å². The predicted molar refractivity (Wildman–Crippen MR) is 162 cm³/mol. The minimum Gasteiger partial charge on any atom is -0.307 e. The molecule has 0 aliphatic rings. The topological polar surface area (TPSA) is 30.7 Å². The van der Waals surface area contributed by atoms with E-state index in [4.69, 9.17) is 9.97 Å². The normalized spacial score (nSPS) is 11.6. The van der Waals surface area contributed by atoms with Crippen molar-refractivity contribution in [1.29, 1.82) is 0 Å². The Balaban J connectivity index is 1.36. The van der Waals surface area contributed by atoms with E-state index in [2.05, 4.69) is 126 Å². The molecule has 0 unspecified atom stereocenters. The minimum absolute atomic E-state index is 0.887. The SMILES string of the molecule is c1ccc(-c2ccc(-c3ccc(-n4c5ccccc5c5cc6ccccc6cc54)c4nccnc34)cc2)cc1. The molecule has 8 aromatic rings. The van der Waals surface area contributed by atoms with Crippen LogP contribution in [0.5, 0.6) is 0 Å².